The zero-order chi connectivity index (χ0) is 24.7. The van der Waals surface area contributed by atoms with Crippen LogP contribution < -0.4 is 14.2 Å². The van der Waals surface area contributed by atoms with Crippen LogP contribution in [0, 0.1) is 11.3 Å². The number of halogens is 2. The molecule has 34 heavy (non-hydrogen) atoms. The van der Waals surface area contributed by atoms with E-state index in [1.165, 1.54) is 11.9 Å². The number of hydrogen-bond donors (Lipinski definition) is 2. The van der Waals surface area contributed by atoms with Crippen molar-refractivity contribution < 1.29 is 14.6 Å². The van der Waals surface area contributed by atoms with Crippen LogP contribution in [-0.4, -0.2) is 33.8 Å². The van der Waals surface area contributed by atoms with Gasteiger partial charge < -0.3 is 14.6 Å². The maximum Gasteiger partial charge on any atom is 0.233 e. The Kier molecular flexibility index (Phi) is 8.72. The van der Waals surface area contributed by atoms with E-state index in [0.717, 1.165) is 11.3 Å². The second-order valence-corrected chi connectivity index (χ2v) is 9.10. The summed E-state index contributed by atoms with van der Waals surface area (Å²) >= 11 is 13.5. The number of hydrogen-bond acceptors (Lipinski definition) is 8. The summed E-state index contributed by atoms with van der Waals surface area (Å²) in [6, 6.07) is 13.0. The van der Waals surface area contributed by atoms with Crippen molar-refractivity contribution in [2.75, 3.05) is 23.5 Å². The Hall–Kier alpha value is -2.86. The van der Waals surface area contributed by atoms with E-state index in [0.29, 0.717) is 23.9 Å². The molecule has 3 aromatic rings. The fourth-order valence-corrected chi connectivity index (χ4v) is 3.98. The van der Waals surface area contributed by atoms with E-state index in [1.54, 1.807) is 18.3 Å². The lowest BCUT2D eigenvalue weighted by Gasteiger charge is -2.28. The molecule has 2 N–H and O–H groups in total. The Balaban J connectivity index is 1.81. The predicted octanol–water partition coefficient (Wildman–Crippen LogP) is 5.92. The molecule has 1 heterocycles. The molecule has 0 unspecified atom stereocenters. The highest BCUT2D eigenvalue weighted by Gasteiger charge is 2.30. The van der Waals surface area contributed by atoms with Crippen molar-refractivity contribution in [2.45, 2.75) is 25.9 Å². The molecule has 2 aromatic carbocycles. The number of anilines is 1. The van der Waals surface area contributed by atoms with Crippen LogP contribution in [0.15, 0.2) is 42.6 Å². The third-order valence-corrected chi connectivity index (χ3v) is 6.07. The first-order valence-electron chi connectivity index (χ1n) is 10.3. The van der Waals surface area contributed by atoms with Crippen LogP contribution in [-0.2, 0) is 12.0 Å². The van der Waals surface area contributed by atoms with Gasteiger partial charge in [0.2, 0.25) is 5.95 Å². The van der Waals surface area contributed by atoms with E-state index < -0.39 is 5.41 Å². The standard InChI is InChI=1S/C24H24Cl2N4O3S/c1-24(2,19-12-15(13-27)22(32-11-9-25)20(26)21(19)31)16-4-6-18(7-5-16)33-14-17-8-10-28-23(29-17)30-34-3/h4-8,10,12,31H,9,11,14H2,1-3H3,(H,28,29,30). The summed E-state index contributed by atoms with van der Waals surface area (Å²) in [4.78, 5) is 8.52. The fraction of sp³-hybridized carbons (Fsp3) is 0.292. The van der Waals surface area contributed by atoms with Gasteiger partial charge in [-0.15, -0.1) is 11.6 Å². The fourth-order valence-electron chi connectivity index (χ4n) is 3.36. The first-order valence-corrected chi connectivity index (χ1v) is 12.4. The van der Waals surface area contributed by atoms with Crippen molar-refractivity contribution in [3.8, 4) is 23.3 Å². The third kappa shape index (κ3) is 5.79. The quantitative estimate of drug-likeness (QED) is 0.252. The number of nitrogens with zero attached hydrogens (tertiary/aromatic N) is 3. The molecular formula is C24H24Cl2N4O3S. The van der Waals surface area contributed by atoms with Gasteiger partial charge in [-0.25, -0.2) is 9.97 Å². The van der Waals surface area contributed by atoms with E-state index in [9.17, 15) is 10.4 Å². The molecule has 7 nitrogen and oxygen atoms in total. The van der Waals surface area contributed by atoms with Crippen molar-refractivity contribution in [1.82, 2.24) is 9.97 Å². The molecule has 0 saturated carbocycles. The highest BCUT2D eigenvalue weighted by Crippen LogP contribution is 2.46. The molecular weight excluding hydrogens is 495 g/mol. The van der Waals surface area contributed by atoms with Crippen LogP contribution in [0.3, 0.4) is 0 Å². The average Bonchev–Trinajstić information content (AvgIpc) is 2.84. The van der Waals surface area contributed by atoms with Gasteiger partial charge in [0.05, 0.1) is 17.1 Å². The monoisotopic (exact) mass is 518 g/mol. The second kappa shape index (κ2) is 11.5. The second-order valence-electron chi connectivity index (χ2n) is 7.73. The summed E-state index contributed by atoms with van der Waals surface area (Å²) in [5, 5.41) is 20.4. The molecule has 0 aliphatic heterocycles. The van der Waals surface area contributed by atoms with Crippen molar-refractivity contribution in [2.24, 2.45) is 0 Å². The maximum absolute atomic E-state index is 10.8. The number of ether oxygens (including phenoxy) is 2. The van der Waals surface area contributed by atoms with E-state index in [4.69, 9.17) is 32.7 Å². The number of nitrogens with one attached hydrogen (secondary N) is 1. The number of phenols is 1. The minimum atomic E-state index is -0.659. The van der Waals surface area contributed by atoms with E-state index in [-0.39, 0.29) is 34.6 Å². The lowest BCUT2D eigenvalue weighted by molar-refractivity contribution is 0.301. The van der Waals surface area contributed by atoms with E-state index >= 15 is 0 Å². The summed E-state index contributed by atoms with van der Waals surface area (Å²) in [7, 11) is 0. The molecule has 178 valence electrons. The highest BCUT2D eigenvalue weighted by atomic mass is 35.5. The van der Waals surface area contributed by atoms with Gasteiger partial charge in [0.25, 0.3) is 0 Å². The Morgan fingerprint density at radius 1 is 1.21 bits per heavy atom. The molecule has 0 fully saturated rings. The largest absolute Gasteiger partial charge is 0.506 e. The number of nitriles is 1. The minimum absolute atomic E-state index is 0.00706. The predicted molar refractivity (Wildman–Crippen MR) is 136 cm³/mol. The Morgan fingerprint density at radius 3 is 2.59 bits per heavy atom. The van der Waals surface area contributed by atoms with E-state index in [2.05, 4.69) is 20.8 Å². The topological polar surface area (TPSA) is 100 Å². The first-order chi connectivity index (χ1) is 16.3. The van der Waals surface area contributed by atoms with Crippen molar-refractivity contribution in [3.05, 3.63) is 70.0 Å². The molecule has 0 atom stereocenters. The van der Waals surface area contributed by atoms with Gasteiger partial charge >= 0.3 is 0 Å². The van der Waals surface area contributed by atoms with Crippen LogP contribution in [0.25, 0.3) is 0 Å². The number of aromatic hydroxyl groups is 1. The van der Waals surface area contributed by atoms with Crippen molar-refractivity contribution in [1.29, 1.82) is 5.26 Å². The Morgan fingerprint density at radius 2 is 1.94 bits per heavy atom. The summed E-state index contributed by atoms with van der Waals surface area (Å²) < 4.78 is 14.3. The molecule has 10 heteroatoms. The Labute approximate surface area is 213 Å². The van der Waals surface area contributed by atoms with Gasteiger partial charge in [-0.3, -0.25) is 4.72 Å². The zero-order valence-corrected chi connectivity index (χ0v) is 21.3. The van der Waals surface area contributed by atoms with Gasteiger partial charge in [0, 0.05) is 23.4 Å². The van der Waals surface area contributed by atoms with Gasteiger partial charge in [-0.05, 0) is 29.8 Å². The molecule has 0 aliphatic rings. The minimum Gasteiger partial charge on any atom is -0.506 e. The van der Waals surface area contributed by atoms with Crippen molar-refractivity contribution >= 4 is 41.1 Å². The summed E-state index contributed by atoms with van der Waals surface area (Å²) in [6.07, 6.45) is 3.57. The number of rotatable bonds is 10. The van der Waals surface area contributed by atoms with Crippen LogP contribution in [0.1, 0.15) is 36.2 Å². The molecule has 0 amide bonds. The van der Waals surface area contributed by atoms with Crippen LogP contribution in [0.4, 0.5) is 5.95 Å². The number of alkyl halides is 1. The van der Waals surface area contributed by atoms with E-state index in [1.807, 2.05) is 44.4 Å². The summed E-state index contributed by atoms with van der Waals surface area (Å²) in [5.41, 5.74) is 1.73. The lowest BCUT2D eigenvalue weighted by atomic mass is 9.77. The van der Waals surface area contributed by atoms with Gasteiger partial charge in [-0.2, -0.15) is 5.26 Å². The normalized spacial score (nSPS) is 11.1. The Bertz CT molecular complexity index is 1180. The molecule has 0 spiro atoms. The smallest absolute Gasteiger partial charge is 0.233 e. The first kappa shape index (κ1) is 25.8. The number of aromatic nitrogens is 2. The molecule has 0 bridgehead atoms. The third-order valence-electron chi connectivity index (χ3n) is 5.18. The summed E-state index contributed by atoms with van der Waals surface area (Å²) in [5.74, 6) is 1.43. The number of phenolic OH excluding ortho intramolecular Hbond substituents is 1. The van der Waals surface area contributed by atoms with Gasteiger partial charge in [0.1, 0.15) is 35.8 Å². The van der Waals surface area contributed by atoms with Crippen LogP contribution in [0.2, 0.25) is 5.02 Å². The van der Waals surface area contributed by atoms with Gasteiger partial charge in [0.15, 0.2) is 5.75 Å². The highest BCUT2D eigenvalue weighted by molar-refractivity contribution is 7.99. The van der Waals surface area contributed by atoms with Crippen molar-refractivity contribution in [3.63, 3.8) is 0 Å². The molecule has 0 radical (unpaired) electrons. The summed E-state index contributed by atoms with van der Waals surface area (Å²) in [6.45, 7) is 4.34. The van der Waals surface area contributed by atoms with Crippen LogP contribution in [0.5, 0.6) is 17.2 Å². The molecule has 0 aliphatic carbocycles. The average molecular weight is 519 g/mol. The lowest BCUT2D eigenvalue weighted by Crippen LogP contribution is -2.20. The number of benzene rings is 2. The molecule has 1 aromatic heterocycles. The SMILES string of the molecule is CSNc1nccc(COc2ccc(C(C)(C)c3cc(C#N)c(OCCCl)c(Cl)c3O)cc2)n1. The maximum atomic E-state index is 10.8. The zero-order valence-electron chi connectivity index (χ0n) is 18.9. The molecule has 0 saturated heterocycles. The van der Waals surface area contributed by atoms with Gasteiger partial charge in [-0.1, -0.05) is 49.5 Å². The molecule has 3 rings (SSSR count). The van der Waals surface area contributed by atoms with Crippen LogP contribution >= 0.6 is 35.1 Å².